The van der Waals surface area contributed by atoms with Gasteiger partial charge in [-0.3, -0.25) is 0 Å². The summed E-state index contributed by atoms with van der Waals surface area (Å²) in [5.41, 5.74) is 6.86. The topological polar surface area (TPSA) is 35.2 Å². The largest absolute Gasteiger partial charge is 0.494 e. The number of thioether (sulfide) groups is 1. The predicted octanol–water partition coefficient (Wildman–Crippen LogP) is 2.46. The Balaban J connectivity index is 2.57. The van der Waals surface area contributed by atoms with Crippen molar-refractivity contribution in [2.75, 3.05) is 18.6 Å². The van der Waals surface area contributed by atoms with E-state index in [9.17, 15) is 4.39 Å². The average molecular weight is 243 g/mol. The van der Waals surface area contributed by atoms with Crippen LogP contribution in [-0.4, -0.2) is 24.7 Å². The van der Waals surface area contributed by atoms with Gasteiger partial charge in [-0.1, -0.05) is 13.0 Å². The van der Waals surface area contributed by atoms with E-state index in [0.717, 1.165) is 17.1 Å². The lowest BCUT2D eigenvalue weighted by atomic mass is 10.1. The van der Waals surface area contributed by atoms with Gasteiger partial charge in [-0.05, 0) is 29.9 Å². The highest BCUT2D eigenvalue weighted by molar-refractivity contribution is 7.99. The van der Waals surface area contributed by atoms with Gasteiger partial charge in [0.1, 0.15) is 0 Å². The van der Waals surface area contributed by atoms with Gasteiger partial charge in [-0.15, -0.1) is 0 Å². The molecule has 1 atom stereocenters. The fraction of sp³-hybridized carbons (Fsp3) is 0.500. The second kappa shape index (κ2) is 6.76. The van der Waals surface area contributed by atoms with Crippen LogP contribution in [0.1, 0.15) is 12.5 Å². The second-order valence-corrected chi connectivity index (χ2v) is 4.91. The average Bonchev–Trinajstić information content (AvgIpc) is 2.26. The molecule has 1 rings (SSSR count). The van der Waals surface area contributed by atoms with Gasteiger partial charge in [0.25, 0.3) is 0 Å². The lowest BCUT2D eigenvalue weighted by Gasteiger charge is -2.11. The Bertz CT molecular complexity index is 333. The molecule has 0 radical (unpaired) electrons. The molecule has 0 aromatic heterocycles. The molecule has 1 aromatic carbocycles. The fourth-order valence-electron chi connectivity index (χ4n) is 1.47. The van der Waals surface area contributed by atoms with Crippen LogP contribution in [0, 0.1) is 5.82 Å². The number of hydrogen-bond donors (Lipinski definition) is 1. The third-order valence-electron chi connectivity index (χ3n) is 2.25. The number of nitrogens with two attached hydrogens (primary N) is 1. The first kappa shape index (κ1) is 13.3. The minimum atomic E-state index is -0.324. The second-order valence-electron chi connectivity index (χ2n) is 3.59. The molecule has 4 heteroatoms. The van der Waals surface area contributed by atoms with Crippen LogP contribution in [0.2, 0.25) is 0 Å². The summed E-state index contributed by atoms with van der Waals surface area (Å²) in [7, 11) is 1.46. The number of benzene rings is 1. The lowest BCUT2D eigenvalue weighted by Crippen LogP contribution is -2.25. The van der Waals surface area contributed by atoms with Crippen molar-refractivity contribution < 1.29 is 9.13 Å². The summed E-state index contributed by atoms with van der Waals surface area (Å²) in [6.45, 7) is 2.10. The van der Waals surface area contributed by atoms with Gasteiger partial charge in [0.2, 0.25) is 0 Å². The molecule has 90 valence electrons. The minimum Gasteiger partial charge on any atom is -0.494 e. The molecule has 0 bridgehead atoms. The molecule has 0 fully saturated rings. The molecule has 2 nitrogen and oxygen atoms in total. The van der Waals surface area contributed by atoms with E-state index in [1.54, 1.807) is 17.8 Å². The van der Waals surface area contributed by atoms with Gasteiger partial charge in [-0.2, -0.15) is 11.8 Å². The first-order valence-corrected chi connectivity index (χ1v) is 6.48. The summed E-state index contributed by atoms with van der Waals surface area (Å²) >= 11 is 1.80. The number of hydrogen-bond acceptors (Lipinski definition) is 3. The molecular formula is C12H18FNOS. The quantitative estimate of drug-likeness (QED) is 0.833. The Labute approximate surface area is 100 Å². The van der Waals surface area contributed by atoms with Crippen LogP contribution in [0.15, 0.2) is 18.2 Å². The Kier molecular flexibility index (Phi) is 5.63. The summed E-state index contributed by atoms with van der Waals surface area (Å²) in [6.07, 6.45) is 0.702. The van der Waals surface area contributed by atoms with E-state index < -0.39 is 0 Å². The zero-order valence-electron chi connectivity index (χ0n) is 9.70. The molecule has 0 spiro atoms. The van der Waals surface area contributed by atoms with Crippen molar-refractivity contribution in [2.45, 2.75) is 19.4 Å². The van der Waals surface area contributed by atoms with E-state index in [4.69, 9.17) is 10.5 Å². The van der Waals surface area contributed by atoms with E-state index in [1.807, 2.05) is 6.07 Å². The van der Waals surface area contributed by atoms with Gasteiger partial charge in [-0.25, -0.2) is 4.39 Å². The normalized spacial score (nSPS) is 12.5. The predicted molar refractivity (Wildman–Crippen MR) is 67.6 cm³/mol. The maximum absolute atomic E-state index is 13.4. The lowest BCUT2D eigenvalue weighted by molar-refractivity contribution is 0.386. The molecular weight excluding hydrogens is 225 g/mol. The van der Waals surface area contributed by atoms with E-state index >= 15 is 0 Å². The van der Waals surface area contributed by atoms with Crippen LogP contribution in [0.5, 0.6) is 5.75 Å². The molecule has 0 saturated carbocycles. The molecule has 0 heterocycles. The summed E-state index contributed by atoms with van der Waals surface area (Å²) < 4.78 is 18.2. The van der Waals surface area contributed by atoms with Crippen LogP contribution >= 0.6 is 11.8 Å². The first-order chi connectivity index (χ1) is 7.67. The molecule has 0 amide bonds. The van der Waals surface area contributed by atoms with Crippen molar-refractivity contribution in [3.05, 3.63) is 29.6 Å². The smallest absolute Gasteiger partial charge is 0.165 e. The zero-order chi connectivity index (χ0) is 12.0. The van der Waals surface area contributed by atoms with Gasteiger partial charge in [0, 0.05) is 11.8 Å². The van der Waals surface area contributed by atoms with Crippen molar-refractivity contribution in [1.82, 2.24) is 0 Å². The zero-order valence-corrected chi connectivity index (χ0v) is 10.5. The van der Waals surface area contributed by atoms with E-state index in [-0.39, 0.29) is 17.6 Å². The number of ether oxygens (including phenoxy) is 1. The standard InChI is InChI=1S/C12H18FNOS/c1-3-16-8-10(14)6-9-4-5-12(15-2)11(13)7-9/h4-5,7,10H,3,6,8,14H2,1-2H3. The summed E-state index contributed by atoms with van der Waals surface area (Å²) in [5.74, 6) is 1.92. The first-order valence-electron chi connectivity index (χ1n) is 5.33. The molecule has 2 N–H and O–H groups in total. The molecule has 0 aliphatic heterocycles. The third-order valence-corrected chi connectivity index (χ3v) is 3.32. The molecule has 1 unspecified atom stereocenters. The van der Waals surface area contributed by atoms with Crippen LogP contribution in [-0.2, 0) is 6.42 Å². The van der Waals surface area contributed by atoms with Crippen LogP contribution in [0.25, 0.3) is 0 Å². The highest BCUT2D eigenvalue weighted by Gasteiger charge is 2.07. The van der Waals surface area contributed by atoms with Crippen LogP contribution in [0.4, 0.5) is 4.39 Å². The van der Waals surface area contributed by atoms with Gasteiger partial charge in [0.05, 0.1) is 7.11 Å². The molecule has 16 heavy (non-hydrogen) atoms. The van der Waals surface area contributed by atoms with Crippen LogP contribution < -0.4 is 10.5 Å². The number of rotatable bonds is 6. The SMILES string of the molecule is CCSCC(N)Cc1ccc(OC)c(F)c1. The van der Waals surface area contributed by atoms with Crippen molar-refractivity contribution in [3.63, 3.8) is 0 Å². The summed E-state index contributed by atoms with van der Waals surface area (Å²) in [6, 6.07) is 5.08. The summed E-state index contributed by atoms with van der Waals surface area (Å²) in [5, 5.41) is 0. The van der Waals surface area contributed by atoms with Gasteiger partial charge >= 0.3 is 0 Å². The Morgan fingerprint density at radius 1 is 1.50 bits per heavy atom. The summed E-state index contributed by atoms with van der Waals surface area (Å²) in [4.78, 5) is 0. The Morgan fingerprint density at radius 3 is 2.81 bits per heavy atom. The molecule has 0 saturated heterocycles. The highest BCUT2D eigenvalue weighted by atomic mass is 32.2. The number of halogens is 1. The maximum atomic E-state index is 13.4. The molecule has 1 aromatic rings. The molecule has 0 aliphatic rings. The third kappa shape index (κ3) is 4.02. The van der Waals surface area contributed by atoms with Gasteiger partial charge in [0.15, 0.2) is 11.6 Å². The number of methoxy groups -OCH3 is 1. The fourth-order valence-corrected chi connectivity index (χ4v) is 2.12. The van der Waals surface area contributed by atoms with Crippen molar-refractivity contribution in [1.29, 1.82) is 0 Å². The highest BCUT2D eigenvalue weighted by Crippen LogP contribution is 2.18. The maximum Gasteiger partial charge on any atom is 0.165 e. The minimum absolute atomic E-state index is 0.0812. The Hall–Kier alpha value is -0.740. The monoisotopic (exact) mass is 243 g/mol. The molecule has 0 aliphatic carbocycles. The van der Waals surface area contributed by atoms with Crippen LogP contribution in [0.3, 0.4) is 0 Å². The van der Waals surface area contributed by atoms with E-state index in [0.29, 0.717) is 6.42 Å². The van der Waals surface area contributed by atoms with Crippen molar-refractivity contribution in [2.24, 2.45) is 5.73 Å². The van der Waals surface area contributed by atoms with E-state index in [2.05, 4.69) is 6.92 Å². The van der Waals surface area contributed by atoms with Crippen molar-refractivity contribution >= 4 is 11.8 Å². The van der Waals surface area contributed by atoms with Crippen molar-refractivity contribution in [3.8, 4) is 5.75 Å². The van der Waals surface area contributed by atoms with Gasteiger partial charge < -0.3 is 10.5 Å². The Morgan fingerprint density at radius 2 is 2.25 bits per heavy atom. The van der Waals surface area contributed by atoms with E-state index in [1.165, 1.54) is 13.2 Å².